The van der Waals surface area contributed by atoms with Crippen molar-refractivity contribution in [2.45, 2.75) is 18.3 Å². The minimum Gasteiger partial charge on any atom is -0.314 e. The Balaban J connectivity index is 1.92. The highest BCUT2D eigenvalue weighted by molar-refractivity contribution is 7.91. The van der Waals surface area contributed by atoms with E-state index >= 15 is 0 Å². The molecule has 0 aliphatic heterocycles. The third-order valence-electron chi connectivity index (χ3n) is 4.26. The maximum Gasteiger partial charge on any atom is 0.315 e. The summed E-state index contributed by atoms with van der Waals surface area (Å²) in [5, 5.41) is 2.85. The first-order valence-electron chi connectivity index (χ1n) is 8.84. The Labute approximate surface area is 166 Å². The van der Waals surface area contributed by atoms with Crippen LogP contribution in [0.1, 0.15) is 23.7 Å². The summed E-state index contributed by atoms with van der Waals surface area (Å²) in [5.41, 5.74) is 1.16. The van der Waals surface area contributed by atoms with Crippen LogP contribution in [0.25, 0.3) is 0 Å². The monoisotopic (exact) mass is 415 g/mol. The highest BCUT2D eigenvalue weighted by atomic mass is 32.2. The predicted octanol–water partition coefficient (Wildman–Crippen LogP) is 5.60. The summed E-state index contributed by atoms with van der Waals surface area (Å²) < 4.78 is 44.6. The molecule has 3 aromatic rings. The van der Waals surface area contributed by atoms with Gasteiger partial charge in [-0.3, -0.25) is 4.57 Å². The summed E-state index contributed by atoms with van der Waals surface area (Å²) in [5.74, 6) is -0.351. The molecule has 0 amide bonds. The van der Waals surface area contributed by atoms with Crippen LogP contribution in [0.2, 0.25) is 0 Å². The van der Waals surface area contributed by atoms with Gasteiger partial charge >= 0.3 is 7.52 Å². The van der Waals surface area contributed by atoms with Crippen molar-refractivity contribution in [3.8, 4) is 0 Å². The van der Waals surface area contributed by atoms with Gasteiger partial charge in [0, 0.05) is 5.69 Å². The van der Waals surface area contributed by atoms with E-state index in [1.165, 1.54) is 0 Å². The van der Waals surface area contributed by atoms with Crippen molar-refractivity contribution in [1.29, 1.82) is 0 Å². The molecule has 0 aliphatic carbocycles. The first-order chi connectivity index (χ1) is 13.4. The van der Waals surface area contributed by atoms with Gasteiger partial charge in [-0.05, 0) is 30.2 Å². The zero-order valence-corrected chi connectivity index (χ0v) is 17.1. The summed E-state index contributed by atoms with van der Waals surface area (Å²) in [4.78, 5) is 0. The highest BCUT2D eigenvalue weighted by Gasteiger charge is 2.37. The SMILES string of the molecule is CC(c1ccccc1)P(=O)(Nc1ccccc1)OS(=O)(=O)Cc1ccccc1. The average molecular weight is 415 g/mol. The lowest BCUT2D eigenvalue weighted by Gasteiger charge is -2.26. The fourth-order valence-electron chi connectivity index (χ4n) is 2.77. The van der Waals surface area contributed by atoms with Gasteiger partial charge in [-0.1, -0.05) is 78.9 Å². The van der Waals surface area contributed by atoms with Crippen molar-refractivity contribution in [2.75, 3.05) is 5.09 Å². The fraction of sp³-hybridized carbons (Fsp3) is 0.143. The molecule has 0 saturated heterocycles. The maximum absolute atomic E-state index is 13.8. The number of rotatable bonds is 8. The number of para-hydroxylation sites is 1. The maximum atomic E-state index is 13.8. The lowest BCUT2D eigenvalue weighted by atomic mass is 10.2. The van der Waals surface area contributed by atoms with E-state index in [1.807, 2.05) is 24.3 Å². The zero-order valence-electron chi connectivity index (χ0n) is 15.4. The molecule has 0 radical (unpaired) electrons. The van der Waals surface area contributed by atoms with Gasteiger partial charge in [-0.25, -0.2) is 0 Å². The zero-order chi connectivity index (χ0) is 20.0. The summed E-state index contributed by atoms with van der Waals surface area (Å²) in [6.07, 6.45) is 0. The number of benzene rings is 3. The van der Waals surface area contributed by atoms with E-state index in [2.05, 4.69) is 5.09 Å². The van der Waals surface area contributed by atoms with Crippen molar-refractivity contribution < 1.29 is 17.0 Å². The van der Waals surface area contributed by atoms with Gasteiger partial charge in [-0.15, -0.1) is 0 Å². The van der Waals surface area contributed by atoms with E-state index in [4.69, 9.17) is 3.97 Å². The number of nitrogens with one attached hydrogen (secondary N) is 1. The van der Waals surface area contributed by atoms with Crippen LogP contribution in [0.4, 0.5) is 5.69 Å². The standard InChI is InChI=1S/C21H22NO4PS/c1-18(20-13-7-3-8-14-20)27(23,22-21-15-9-4-10-16-21)26-28(24,25)17-19-11-5-2-6-12-19/h2-16,18H,17H2,1H3,(H,22,23). The molecule has 0 aliphatic rings. The first kappa shape index (κ1) is 20.3. The predicted molar refractivity (Wildman–Crippen MR) is 113 cm³/mol. The molecule has 2 unspecified atom stereocenters. The molecule has 0 bridgehead atoms. The summed E-state index contributed by atoms with van der Waals surface area (Å²) >= 11 is 0. The van der Waals surface area contributed by atoms with Crippen LogP contribution in [0.15, 0.2) is 91.0 Å². The van der Waals surface area contributed by atoms with Crippen LogP contribution in [-0.4, -0.2) is 8.42 Å². The molecule has 0 spiro atoms. The third-order valence-corrected chi connectivity index (χ3v) is 8.63. The second-order valence-electron chi connectivity index (χ2n) is 6.42. The van der Waals surface area contributed by atoms with Gasteiger partial charge in [0.2, 0.25) is 0 Å². The number of hydrogen-bond acceptors (Lipinski definition) is 4. The smallest absolute Gasteiger partial charge is 0.314 e. The molecule has 146 valence electrons. The number of hydrogen-bond donors (Lipinski definition) is 1. The Bertz CT molecular complexity index is 1040. The van der Waals surface area contributed by atoms with Gasteiger partial charge in [0.1, 0.15) is 5.75 Å². The minimum atomic E-state index is -4.09. The van der Waals surface area contributed by atoms with Crippen LogP contribution in [0.5, 0.6) is 0 Å². The minimum absolute atomic E-state index is 0.351. The van der Waals surface area contributed by atoms with Crippen molar-refractivity contribution in [1.82, 2.24) is 0 Å². The van der Waals surface area contributed by atoms with Gasteiger partial charge < -0.3 is 5.09 Å². The summed E-state index contributed by atoms with van der Waals surface area (Å²) in [7, 11) is -7.94. The Morgan fingerprint density at radius 1 is 0.857 bits per heavy atom. The molecule has 0 aromatic heterocycles. The average Bonchev–Trinajstić information content (AvgIpc) is 2.68. The van der Waals surface area contributed by atoms with Crippen molar-refractivity contribution in [3.05, 3.63) is 102 Å². The van der Waals surface area contributed by atoms with Crippen LogP contribution in [0, 0.1) is 0 Å². The summed E-state index contributed by atoms with van der Waals surface area (Å²) in [6, 6.07) is 26.6. The van der Waals surface area contributed by atoms with E-state index < -0.39 is 23.3 Å². The van der Waals surface area contributed by atoms with Crippen LogP contribution >= 0.6 is 7.52 Å². The number of anilines is 1. The molecule has 7 heteroatoms. The van der Waals surface area contributed by atoms with Gasteiger partial charge in [0.25, 0.3) is 10.1 Å². The molecular weight excluding hydrogens is 393 g/mol. The second kappa shape index (κ2) is 8.74. The lowest BCUT2D eigenvalue weighted by Crippen LogP contribution is -2.14. The normalized spacial score (nSPS) is 14.8. The van der Waals surface area contributed by atoms with E-state index in [0.29, 0.717) is 11.3 Å². The molecule has 0 fully saturated rings. The van der Waals surface area contributed by atoms with Crippen molar-refractivity contribution in [3.63, 3.8) is 0 Å². The third kappa shape index (κ3) is 5.32. The van der Waals surface area contributed by atoms with Crippen molar-refractivity contribution >= 4 is 23.3 Å². The molecule has 3 aromatic carbocycles. The van der Waals surface area contributed by atoms with E-state index in [1.54, 1.807) is 73.7 Å². The highest BCUT2D eigenvalue weighted by Crippen LogP contribution is 2.60. The molecule has 2 atom stereocenters. The molecule has 3 rings (SSSR count). The van der Waals surface area contributed by atoms with Crippen LogP contribution in [-0.2, 0) is 24.4 Å². The van der Waals surface area contributed by atoms with Crippen molar-refractivity contribution in [2.24, 2.45) is 0 Å². The molecule has 0 saturated carbocycles. The van der Waals surface area contributed by atoms with E-state index in [0.717, 1.165) is 5.56 Å². The van der Waals surface area contributed by atoms with Crippen LogP contribution in [0.3, 0.4) is 0 Å². The van der Waals surface area contributed by atoms with Gasteiger partial charge in [0.15, 0.2) is 0 Å². The van der Waals surface area contributed by atoms with Crippen LogP contribution < -0.4 is 5.09 Å². The van der Waals surface area contributed by atoms with Gasteiger partial charge in [-0.2, -0.15) is 12.4 Å². The Morgan fingerprint density at radius 3 is 1.93 bits per heavy atom. The molecule has 28 heavy (non-hydrogen) atoms. The molecule has 1 N–H and O–H groups in total. The fourth-order valence-corrected chi connectivity index (χ4v) is 6.87. The lowest BCUT2D eigenvalue weighted by molar-refractivity contribution is 0.455. The first-order valence-corrected chi connectivity index (χ1v) is 12.1. The Hall–Kier alpha value is -2.40. The Morgan fingerprint density at radius 2 is 1.36 bits per heavy atom. The van der Waals surface area contributed by atoms with Gasteiger partial charge in [0.05, 0.1) is 5.66 Å². The summed E-state index contributed by atoms with van der Waals surface area (Å²) in [6.45, 7) is 1.70. The molecule has 5 nitrogen and oxygen atoms in total. The topological polar surface area (TPSA) is 72.5 Å². The second-order valence-corrected chi connectivity index (χ2v) is 10.6. The molecule has 0 heterocycles. The van der Waals surface area contributed by atoms with E-state index in [9.17, 15) is 13.0 Å². The largest absolute Gasteiger partial charge is 0.315 e. The quantitative estimate of drug-likeness (QED) is 0.485. The Kier molecular flexibility index (Phi) is 6.35. The van der Waals surface area contributed by atoms with E-state index in [-0.39, 0.29) is 5.75 Å². The molecular formula is C21H22NO4PS.